The molecule has 0 aliphatic carbocycles. The van der Waals surface area contributed by atoms with Crippen LogP contribution in [0.25, 0.3) is 0 Å². The zero-order valence-electron chi connectivity index (χ0n) is 13.7. The summed E-state index contributed by atoms with van der Waals surface area (Å²) in [6.07, 6.45) is 5.41. The van der Waals surface area contributed by atoms with Gasteiger partial charge in [-0.25, -0.2) is 0 Å². The smallest absolute Gasteiger partial charge is 0.0233 e. The fraction of sp³-hybridized carbons (Fsp3) is 0.684. The van der Waals surface area contributed by atoms with Crippen LogP contribution in [0.15, 0.2) is 24.3 Å². The Morgan fingerprint density at radius 3 is 2.14 bits per heavy atom. The average Bonchev–Trinajstić information content (AvgIpc) is 3.01. The highest BCUT2D eigenvalue weighted by Crippen LogP contribution is 2.29. The van der Waals surface area contributed by atoms with E-state index in [-0.39, 0.29) is 0 Å². The van der Waals surface area contributed by atoms with Crippen LogP contribution in [0.2, 0.25) is 0 Å². The molecule has 116 valence electrons. The largest absolute Gasteiger partial charge is 0.301 e. The van der Waals surface area contributed by atoms with Crippen molar-refractivity contribution >= 4 is 0 Å². The van der Waals surface area contributed by atoms with Gasteiger partial charge in [-0.15, -0.1) is 0 Å². The molecular formula is C19H30N2. The molecule has 2 nitrogen and oxygen atoms in total. The van der Waals surface area contributed by atoms with E-state index in [0.29, 0.717) is 6.04 Å². The highest BCUT2D eigenvalue weighted by atomic mass is 15.1. The molecule has 0 radical (unpaired) electrons. The van der Waals surface area contributed by atoms with Gasteiger partial charge in [0.05, 0.1) is 0 Å². The molecule has 0 aromatic heterocycles. The minimum atomic E-state index is 0.703. The number of rotatable bonds is 4. The molecule has 0 amide bonds. The Labute approximate surface area is 130 Å². The predicted octanol–water partition coefficient (Wildman–Crippen LogP) is 3.87. The summed E-state index contributed by atoms with van der Waals surface area (Å²) >= 11 is 0. The molecule has 2 heterocycles. The topological polar surface area (TPSA) is 6.48 Å². The summed E-state index contributed by atoms with van der Waals surface area (Å²) in [6.45, 7) is 10.9. The van der Waals surface area contributed by atoms with Crippen LogP contribution < -0.4 is 0 Å². The van der Waals surface area contributed by atoms with Gasteiger partial charge in [-0.05, 0) is 82.8 Å². The first-order chi connectivity index (χ1) is 10.2. The van der Waals surface area contributed by atoms with Gasteiger partial charge in [-0.3, -0.25) is 4.90 Å². The van der Waals surface area contributed by atoms with Gasteiger partial charge < -0.3 is 4.90 Å². The van der Waals surface area contributed by atoms with Crippen LogP contribution in [-0.2, 0) is 6.54 Å². The van der Waals surface area contributed by atoms with Crippen LogP contribution in [0, 0.1) is 0 Å². The molecule has 0 bridgehead atoms. The van der Waals surface area contributed by atoms with E-state index in [2.05, 4.69) is 47.9 Å². The summed E-state index contributed by atoms with van der Waals surface area (Å²) in [5.74, 6) is 0.779. The molecule has 1 aromatic carbocycles. The van der Waals surface area contributed by atoms with E-state index >= 15 is 0 Å². The van der Waals surface area contributed by atoms with Crippen LogP contribution in [0.3, 0.4) is 0 Å². The Balaban J connectivity index is 1.54. The van der Waals surface area contributed by atoms with Crippen molar-refractivity contribution in [2.75, 3.05) is 26.2 Å². The monoisotopic (exact) mass is 286 g/mol. The number of hydrogen-bond acceptors (Lipinski definition) is 2. The Morgan fingerprint density at radius 1 is 0.952 bits per heavy atom. The van der Waals surface area contributed by atoms with Crippen molar-refractivity contribution in [1.82, 2.24) is 9.80 Å². The number of piperidine rings is 1. The Morgan fingerprint density at radius 2 is 1.57 bits per heavy atom. The summed E-state index contributed by atoms with van der Waals surface area (Å²) in [5, 5.41) is 0. The van der Waals surface area contributed by atoms with E-state index < -0.39 is 0 Å². The van der Waals surface area contributed by atoms with E-state index in [9.17, 15) is 0 Å². The third-order valence-corrected chi connectivity index (χ3v) is 5.32. The molecule has 2 fully saturated rings. The first-order valence-electron chi connectivity index (χ1n) is 8.77. The van der Waals surface area contributed by atoms with Crippen molar-refractivity contribution in [3.8, 4) is 0 Å². The Bertz CT molecular complexity index is 423. The first-order valence-corrected chi connectivity index (χ1v) is 8.77. The van der Waals surface area contributed by atoms with Crippen molar-refractivity contribution in [2.45, 2.75) is 58.0 Å². The number of benzene rings is 1. The Hall–Kier alpha value is -0.860. The zero-order valence-corrected chi connectivity index (χ0v) is 13.7. The molecule has 2 saturated heterocycles. The maximum Gasteiger partial charge on any atom is 0.0233 e. The van der Waals surface area contributed by atoms with E-state index in [1.165, 1.54) is 57.4 Å². The third kappa shape index (κ3) is 3.87. The van der Waals surface area contributed by atoms with Gasteiger partial charge in [0, 0.05) is 12.6 Å². The lowest BCUT2D eigenvalue weighted by Crippen LogP contribution is -2.37. The van der Waals surface area contributed by atoms with Crippen molar-refractivity contribution in [2.24, 2.45) is 0 Å². The highest BCUT2D eigenvalue weighted by Gasteiger charge is 2.22. The molecule has 1 aromatic rings. The lowest BCUT2D eigenvalue weighted by atomic mass is 9.88. The van der Waals surface area contributed by atoms with Gasteiger partial charge >= 0.3 is 0 Å². The van der Waals surface area contributed by atoms with Gasteiger partial charge in [-0.1, -0.05) is 24.3 Å². The SMILES string of the molecule is CC(C)N1CCC(c2ccc(CN3CCCC3)cc2)CC1. The first kappa shape index (κ1) is 15.1. The average molecular weight is 286 g/mol. The van der Waals surface area contributed by atoms with Crippen molar-refractivity contribution in [1.29, 1.82) is 0 Å². The molecule has 2 aliphatic rings. The van der Waals surface area contributed by atoms with Crippen LogP contribution in [0.5, 0.6) is 0 Å². The maximum absolute atomic E-state index is 2.61. The molecule has 2 aliphatic heterocycles. The molecule has 0 unspecified atom stereocenters. The lowest BCUT2D eigenvalue weighted by molar-refractivity contribution is 0.172. The molecule has 21 heavy (non-hydrogen) atoms. The number of hydrogen-bond donors (Lipinski definition) is 0. The van der Waals surface area contributed by atoms with Crippen LogP contribution in [-0.4, -0.2) is 42.0 Å². The minimum Gasteiger partial charge on any atom is -0.301 e. The second-order valence-electron chi connectivity index (χ2n) is 7.13. The molecule has 3 rings (SSSR count). The fourth-order valence-electron chi connectivity index (χ4n) is 3.84. The number of nitrogens with zero attached hydrogens (tertiary/aromatic N) is 2. The maximum atomic E-state index is 2.61. The zero-order chi connectivity index (χ0) is 14.7. The molecule has 0 atom stereocenters. The minimum absolute atomic E-state index is 0.703. The molecular weight excluding hydrogens is 256 g/mol. The van der Waals surface area contributed by atoms with Crippen molar-refractivity contribution in [3.05, 3.63) is 35.4 Å². The molecule has 0 N–H and O–H groups in total. The summed E-state index contributed by atoms with van der Waals surface area (Å²) in [4.78, 5) is 5.19. The van der Waals surface area contributed by atoms with Crippen molar-refractivity contribution in [3.63, 3.8) is 0 Å². The predicted molar refractivity (Wildman–Crippen MR) is 89.6 cm³/mol. The summed E-state index contributed by atoms with van der Waals surface area (Å²) in [6, 6.07) is 10.2. The van der Waals surface area contributed by atoms with Gasteiger partial charge in [0.2, 0.25) is 0 Å². The molecule has 2 heteroatoms. The van der Waals surface area contributed by atoms with Crippen molar-refractivity contribution < 1.29 is 0 Å². The van der Waals surface area contributed by atoms with E-state index in [1.54, 1.807) is 5.56 Å². The second-order valence-corrected chi connectivity index (χ2v) is 7.13. The van der Waals surface area contributed by atoms with Crippen LogP contribution in [0.4, 0.5) is 0 Å². The van der Waals surface area contributed by atoms with E-state index in [0.717, 1.165) is 12.5 Å². The summed E-state index contributed by atoms with van der Waals surface area (Å²) < 4.78 is 0. The quantitative estimate of drug-likeness (QED) is 0.829. The van der Waals surface area contributed by atoms with Crippen LogP contribution >= 0.6 is 0 Å². The fourth-order valence-corrected chi connectivity index (χ4v) is 3.84. The normalized spacial score (nSPS) is 22.2. The standard InChI is InChI=1S/C19H30N2/c1-16(2)21-13-9-19(10-14-21)18-7-5-17(6-8-18)15-20-11-3-4-12-20/h5-8,16,19H,3-4,9-15H2,1-2H3. The van der Waals surface area contributed by atoms with E-state index in [4.69, 9.17) is 0 Å². The van der Waals surface area contributed by atoms with E-state index in [1.807, 2.05) is 0 Å². The highest BCUT2D eigenvalue weighted by molar-refractivity contribution is 5.26. The third-order valence-electron chi connectivity index (χ3n) is 5.32. The lowest BCUT2D eigenvalue weighted by Gasteiger charge is -2.34. The van der Waals surface area contributed by atoms with Gasteiger partial charge in [-0.2, -0.15) is 0 Å². The Kier molecular flexibility index (Phi) is 4.97. The number of likely N-dealkylation sites (tertiary alicyclic amines) is 2. The second kappa shape index (κ2) is 6.93. The van der Waals surface area contributed by atoms with Gasteiger partial charge in [0.25, 0.3) is 0 Å². The molecule has 0 saturated carbocycles. The summed E-state index contributed by atoms with van der Waals surface area (Å²) in [7, 11) is 0. The van der Waals surface area contributed by atoms with Gasteiger partial charge in [0.15, 0.2) is 0 Å². The van der Waals surface area contributed by atoms with Gasteiger partial charge in [0.1, 0.15) is 0 Å². The summed E-state index contributed by atoms with van der Waals surface area (Å²) in [5.41, 5.74) is 3.05. The molecule has 0 spiro atoms. The van der Waals surface area contributed by atoms with Crippen LogP contribution in [0.1, 0.15) is 56.6 Å².